The molecule has 2 N–H and O–H groups in total. The van der Waals surface area contributed by atoms with Gasteiger partial charge in [0.2, 0.25) is 0 Å². The fourth-order valence-corrected chi connectivity index (χ4v) is 1.18. The van der Waals surface area contributed by atoms with E-state index in [0.29, 0.717) is 6.54 Å². The Labute approximate surface area is 74.9 Å². The van der Waals surface area contributed by atoms with E-state index in [1.54, 1.807) is 18.5 Å². The van der Waals surface area contributed by atoms with E-state index in [2.05, 4.69) is 10.2 Å². The van der Waals surface area contributed by atoms with Gasteiger partial charge in [-0.15, -0.1) is 0 Å². The first-order chi connectivity index (χ1) is 6.27. The quantitative estimate of drug-likeness (QED) is 0.619. The minimum Gasteiger partial charge on any atom is -0.351 e. The molecule has 0 saturated carbocycles. The predicted molar refractivity (Wildman–Crippen MR) is 46.2 cm³/mol. The van der Waals surface area contributed by atoms with Crippen LogP contribution in [0.3, 0.4) is 0 Å². The Morgan fingerprint density at radius 2 is 2.46 bits per heavy atom. The number of fused-ring (bicyclic) bond motifs is 1. The second kappa shape index (κ2) is 2.85. The van der Waals surface area contributed by atoms with Gasteiger partial charge in [0.15, 0.2) is 0 Å². The summed E-state index contributed by atoms with van der Waals surface area (Å²) in [6.45, 7) is 0.398. The van der Waals surface area contributed by atoms with Crippen LogP contribution < -0.4 is 5.73 Å². The first-order valence-corrected chi connectivity index (χ1v) is 3.82. The van der Waals surface area contributed by atoms with Crippen molar-refractivity contribution in [2.45, 2.75) is 6.54 Å². The number of carbonyl (C=O) groups excluding carboxylic acids is 1. The van der Waals surface area contributed by atoms with Gasteiger partial charge < -0.3 is 5.73 Å². The average molecular weight is 176 g/mol. The third kappa shape index (κ3) is 1.35. The van der Waals surface area contributed by atoms with Crippen LogP contribution >= 0.6 is 0 Å². The number of nitrogens with two attached hydrogens (primary N) is 1. The Hall–Kier alpha value is -1.91. The fraction of sp³-hybridized carbons (Fsp3) is 0.125. The van der Waals surface area contributed by atoms with Gasteiger partial charge in [-0.05, 0) is 12.1 Å². The molecule has 1 aliphatic heterocycles. The SMILES string of the molecule is NC(=O)N1C=Cc2ccnnc2C1. The monoisotopic (exact) mass is 176 g/mol. The van der Waals surface area contributed by atoms with E-state index in [9.17, 15) is 4.79 Å². The number of nitrogens with zero attached hydrogens (tertiary/aromatic N) is 3. The molecule has 2 heterocycles. The molecule has 0 fully saturated rings. The number of carbonyl (C=O) groups is 1. The molecule has 5 heteroatoms. The van der Waals surface area contributed by atoms with Crippen molar-refractivity contribution in [2.24, 2.45) is 5.73 Å². The Morgan fingerprint density at radius 3 is 3.23 bits per heavy atom. The smallest absolute Gasteiger partial charge is 0.319 e. The summed E-state index contributed by atoms with van der Waals surface area (Å²) in [5.41, 5.74) is 6.86. The van der Waals surface area contributed by atoms with Crippen LogP contribution in [-0.2, 0) is 6.54 Å². The number of aromatic nitrogens is 2. The van der Waals surface area contributed by atoms with E-state index in [0.717, 1.165) is 11.3 Å². The first-order valence-electron chi connectivity index (χ1n) is 3.82. The number of primary amides is 1. The summed E-state index contributed by atoms with van der Waals surface area (Å²) in [5, 5.41) is 7.63. The van der Waals surface area contributed by atoms with Gasteiger partial charge in [-0.25, -0.2) is 4.79 Å². The summed E-state index contributed by atoms with van der Waals surface area (Å²) >= 11 is 0. The van der Waals surface area contributed by atoms with Crippen LogP contribution in [0.5, 0.6) is 0 Å². The molecule has 5 nitrogen and oxygen atoms in total. The summed E-state index contributed by atoms with van der Waals surface area (Å²) in [5.74, 6) is 0. The highest BCUT2D eigenvalue weighted by atomic mass is 16.2. The van der Waals surface area contributed by atoms with Crippen molar-refractivity contribution >= 4 is 12.1 Å². The van der Waals surface area contributed by atoms with Gasteiger partial charge >= 0.3 is 6.03 Å². The normalized spacial score (nSPS) is 14.0. The van der Waals surface area contributed by atoms with Crippen molar-refractivity contribution in [3.05, 3.63) is 29.7 Å². The van der Waals surface area contributed by atoms with Crippen LogP contribution in [0, 0.1) is 0 Å². The highest BCUT2D eigenvalue weighted by Crippen LogP contribution is 2.15. The zero-order valence-corrected chi connectivity index (χ0v) is 6.84. The predicted octanol–water partition coefficient (Wildman–Crippen LogP) is 0.342. The highest BCUT2D eigenvalue weighted by molar-refractivity contribution is 5.75. The van der Waals surface area contributed by atoms with Crippen molar-refractivity contribution in [2.75, 3.05) is 0 Å². The molecule has 1 aliphatic rings. The van der Waals surface area contributed by atoms with Gasteiger partial charge in [-0.1, -0.05) is 0 Å². The number of hydrogen-bond acceptors (Lipinski definition) is 3. The molecule has 13 heavy (non-hydrogen) atoms. The lowest BCUT2D eigenvalue weighted by Crippen LogP contribution is -2.32. The topological polar surface area (TPSA) is 72.1 Å². The number of amides is 2. The lowest BCUT2D eigenvalue weighted by molar-refractivity contribution is 0.222. The van der Waals surface area contributed by atoms with Gasteiger partial charge in [0.05, 0.1) is 18.4 Å². The molecule has 0 aliphatic carbocycles. The summed E-state index contributed by atoms with van der Waals surface area (Å²) in [6.07, 6.45) is 5.05. The second-order valence-corrected chi connectivity index (χ2v) is 2.72. The van der Waals surface area contributed by atoms with Crippen LogP contribution in [0.1, 0.15) is 11.3 Å². The minimum absolute atomic E-state index is 0.398. The Morgan fingerprint density at radius 1 is 1.62 bits per heavy atom. The van der Waals surface area contributed by atoms with Crippen LogP contribution in [0.2, 0.25) is 0 Å². The van der Waals surface area contributed by atoms with E-state index < -0.39 is 6.03 Å². The molecule has 2 amide bonds. The van der Waals surface area contributed by atoms with Gasteiger partial charge in [-0.2, -0.15) is 10.2 Å². The Kier molecular flexibility index (Phi) is 1.70. The summed E-state index contributed by atoms with van der Waals surface area (Å²) < 4.78 is 0. The van der Waals surface area contributed by atoms with E-state index in [-0.39, 0.29) is 0 Å². The van der Waals surface area contributed by atoms with E-state index in [1.165, 1.54) is 4.90 Å². The van der Waals surface area contributed by atoms with E-state index in [1.807, 2.05) is 6.07 Å². The standard InChI is InChI=1S/C8H8N4O/c9-8(13)12-4-2-6-1-3-10-11-7(6)5-12/h1-4H,5H2,(H2,9,13). The van der Waals surface area contributed by atoms with Crippen LogP contribution in [-0.4, -0.2) is 21.1 Å². The zero-order chi connectivity index (χ0) is 9.26. The Bertz CT molecular complexity index is 374. The maximum atomic E-state index is 10.8. The van der Waals surface area contributed by atoms with Crippen molar-refractivity contribution in [1.82, 2.24) is 15.1 Å². The van der Waals surface area contributed by atoms with Crippen molar-refractivity contribution in [1.29, 1.82) is 0 Å². The molecule has 0 aromatic carbocycles. The molecule has 0 unspecified atom stereocenters. The van der Waals surface area contributed by atoms with Gasteiger partial charge in [0, 0.05) is 11.8 Å². The third-order valence-corrected chi connectivity index (χ3v) is 1.87. The number of hydrogen-bond donors (Lipinski definition) is 1. The van der Waals surface area contributed by atoms with Crippen molar-refractivity contribution < 1.29 is 4.79 Å². The maximum absolute atomic E-state index is 10.8. The molecule has 0 spiro atoms. The molecule has 2 rings (SSSR count). The summed E-state index contributed by atoms with van der Waals surface area (Å²) in [6, 6.07) is 1.37. The van der Waals surface area contributed by atoms with Crippen LogP contribution in [0.15, 0.2) is 18.5 Å². The fourth-order valence-electron chi connectivity index (χ4n) is 1.18. The lowest BCUT2D eigenvalue weighted by atomic mass is 10.1. The largest absolute Gasteiger partial charge is 0.351 e. The number of rotatable bonds is 0. The van der Waals surface area contributed by atoms with Gasteiger partial charge in [0.1, 0.15) is 0 Å². The molecular formula is C8H8N4O. The average Bonchev–Trinajstić information content (AvgIpc) is 2.17. The van der Waals surface area contributed by atoms with Crippen LogP contribution in [0.25, 0.3) is 6.08 Å². The maximum Gasteiger partial charge on any atom is 0.319 e. The van der Waals surface area contributed by atoms with Crippen LogP contribution in [0.4, 0.5) is 4.79 Å². The zero-order valence-electron chi connectivity index (χ0n) is 6.84. The van der Waals surface area contributed by atoms with Gasteiger partial charge in [0.25, 0.3) is 0 Å². The van der Waals surface area contributed by atoms with Gasteiger partial charge in [-0.3, -0.25) is 4.90 Å². The number of urea groups is 1. The first kappa shape index (κ1) is 7.72. The summed E-state index contributed by atoms with van der Waals surface area (Å²) in [4.78, 5) is 12.2. The third-order valence-electron chi connectivity index (χ3n) is 1.87. The molecule has 66 valence electrons. The molecule has 1 aromatic heterocycles. The Balaban J connectivity index is 2.34. The molecule has 0 saturated heterocycles. The van der Waals surface area contributed by atoms with E-state index in [4.69, 9.17) is 5.73 Å². The molecule has 0 bridgehead atoms. The lowest BCUT2D eigenvalue weighted by Gasteiger charge is -2.19. The molecular weight excluding hydrogens is 168 g/mol. The van der Waals surface area contributed by atoms with Crippen molar-refractivity contribution in [3.63, 3.8) is 0 Å². The van der Waals surface area contributed by atoms with Crippen molar-refractivity contribution in [3.8, 4) is 0 Å². The van der Waals surface area contributed by atoms with E-state index >= 15 is 0 Å². The highest BCUT2D eigenvalue weighted by Gasteiger charge is 2.14. The molecule has 0 radical (unpaired) electrons. The molecule has 1 aromatic rings. The summed E-state index contributed by atoms with van der Waals surface area (Å²) in [7, 11) is 0. The molecule has 0 atom stereocenters. The minimum atomic E-state index is -0.479. The second-order valence-electron chi connectivity index (χ2n) is 2.72.